The summed E-state index contributed by atoms with van der Waals surface area (Å²) in [5.74, 6) is -0.266. The third-order valence-corrected chi connectivity index (χ3v) is 16.8. The highest BCUT2D eigenvalue weighted by Gasteiger charge is 2.51. The summed E-state index contributed by atoms with van der Waals surface area (Å²) in [7, 11) is 0. The van der Waals surface area contributed by atoms with Gasteiger partial charge in [-0.3, -0.25) is 4.79 Å². The van der Waals surface area contributed by atoms with Gasteiger partial charge in [0.1, 0.15) is 48.8 Å². The average Bonchev–Trinajstić information content (AvgIpc) is 2.51. The lowest BCUT2D eigenvalue weighted by Gasteiger charge is -2.46. The van der Waals surface area contributed by atoms with E-state index in [-0.39, 0.29) is 18.9 Å². The number of carbonyl (C=O) groups is 1. The van der Waals surface area contributed by atoms with E-state index < -0.39 is 86.8 Å². The molecule has 9 N–H and O–H groups in total. The van der Waals surface area contributed by atoms with Crippen molar-refractivity contribution in [2.24, 2.45) is 0 Å². The van der Waals surface area contributed by atoms with Gasteiger partial charge in [-0.15, -0.1) is 0 Å². The summed E-state index contributed by atoms with van der Waals surface area (Å²) in [4.78, 5) is 13.3. The van der Waals surface area contributed by atoms with E-state index in [1.165, 1.54) is 141 Å². The van der Waals surface area contributed by atoms with Crippen molar-refractivity contribution in [3.8, 4) is 0 Å². The smallest absolute Gasteiger partial charge is 0.220 e. The molecule has 2 rings (SSSR count). The second-order valence-electron chi connectivity index (χ2n) is 24.6. The van der Waals surface area contributed by atoms with Crippen LogP contribution >= 0.6 is 0 Å². The minimum absolute atomic E-state index is 0.218. The fraction of sp³-hybridized carbons (Fsp3) is 0.747. The van der Waals surface area contributed by atoms with Gasteiger partial charge >= 0.3 is 0 Å². The number of allylic oxidation sites excluding steroid dienone is 18. The Balaban J connectivity index is 1.71. The number of ether oxygens (including phenoxy) is 4. The maximum absolute atomic E-state index is 13.3. The summed E-state index contributed by atoms with van der Waals surface area (Å²) in [5.41, 5.74) is 0. The van der Waals surface area contributed by atoms with Crippen LogP contribution in [0.5, 0.6) is 0 Å². The Morgan fingerprint density at radius 3 is 1.15 bits per heavy atom. The normalized spacial score (nSPS) is 23.7. The molecule has 2 aliphatic heterocycles. The fourth-order valence-electron chi connectivity index (χ4n) is 11.1. The Labute approximate surface area is 540 Å². The summed E-state index contributed by atoms with van der Waals surface area (Å²) >= 11 is 0. The van der Waals surface area contributed by atoms with Gasteiger partial charge in [-0.1, -0.05) is 290 Å². The van der Waals surface area contributed by atoms with Gasteiger partial charge in [-0.2, -0.15) is 0 Å². The van der Waals surface area contributed by atoms with Crippen LogP contribution in [-0.4, -0.2) is 140 Å². The molecule has 14 heteroatoms. The number of unbranched alkanes of at least 4 members (excludes halogenated alkanes) is 26. The number of rotatable bonds is 57. The first-order valence-corrected chi connectivity index (χ1v) is 35.6. The van der Waals surface area contributed by atoms with Crippen molar-refractivity contribution in [2.45, 2.75) is 338 Å². The Morgan fingerprint density at radius 1 is 0.416 bits per heavy atom. The molecule has 0 aromatic rings. The quantitative estimate of drug-likeness (QED) is 0.0204. The molecule has 2 heterocycles. The molecule has 2 saturated heterocycles. The minimum Gasteiger partial charge on any atom is -0.394 e. The highest BCUT2D eigenvalue weighted by Crippen LogP contribution is 2.30. The van der Waals surface area contributed by atoms with Gasteiger partial charge in [0, 0.05) is 6.42 Å². The molecular formula is C75H129NO13. The summed E-state index contributed by atoms with van der Waals surface area (Å²) in [6.07, 6.45) is 66.8. The van der Waals surface area contributed by atoms with Crippen molar-refractivity contribution < 1.29 is 64.6 Å². The van der Waals surface area contributed by atoms with Crippen LogP contribution in [0, 0.1) is 0 Å². The lowest BCUT2D eigenvalue weighted by atomic mass is 9.97. The average molecular weight is 1250 g/mol. The fourth-order valence-corrected chi connectivity index (χ4v) is 11.1. The maximum atomic E-state index is 13.3. The third-order valence-electron chi connectivity index (χ3n) is 16.8. The maximum Gasteiger partial charge on any atom is 0.220 e. The lowest BCUT2D eigenvalue weighted by Crippen LogP contribution is -2.65. The molecule has 0 radical (unpaired) electrons. The van der Waals surface area contributed by atoms with Crippen molar-refractivity contribution in [3.63, 3.8) is 0 Å². The van der Waals surface area contributed by atoms with Crippen molar-refractivity contribution >= 4 is 5.91 Å². The number of hydrogen-bond donors (Lipinski definition) is 9. The Bertz CT molecular complexity index is 1910. The number of hydrogen-bond acceptors (Lipinski definition) is 13. The van der Waals surface area contributed by atoms with Gasteiger partial charge in [0.2, 0.25) is 5.91 Å². The van der Waals surface area contributed by atoms with E-state index in [2.05, 4.69) is 129 Å². The summed E-state index contributed by atoms with van der Waals surface area (Å²) < 4.78 is 22.9. The SMILES string of the molecule is CC/C=C\C/C=C\C/C=C\C/C=C\C/C=C\C/C=C\C/C=C\C/C=C\C/C=C\CCCC(=O)NC(COC1OC(CO)C(OC2OC(CO)C(O)C(O)C2O)C(O)C1O)C(O)CCCCCCCCCCCCCCCCCCCCCCCCCCCC. The van der Waals surface area contributed by atoms with Crippen molar-refractivity contribution in [1.29, 1.82) is 0 Å². The van der Waals surface area contributed by atoms with Gasteiger partial charge in [0.25, 0.3) is 0 Å². The van der Waals surface area contributed by atoms with E-state index in [0.717, 1.165) is 83.5 Å². The van der Waals surface area contributed by atoms with Gasteiger partial charge in [0.05, 0.1) is 32.0 Å². The molecule has 512 valence electrons. The predicted molar refractivity (Wildman–Crippen MR) is 364 cm³/mol. The van der Waals surface area contributed by atoms with Crippen molar-refractivity contribution in [2.75, 3.05) is 19.8 Å². The lowest BCUT2D eigenvalue weighted by molar-refractivity contribution is -0.359. The van der Waals surface area contributed by atoms with Crippen LogP contribution in [0.1, 0.15) is 264 Å². The van der Waals surface area contributed by atoms with E-state index in [4.69, 9.17) is 18.9 Å². The number of amides is 1. The molecule has 1 amide bonds. The topological polar surface area (TPSA) is 228 Å². The van der Waals surface area contributed by atoms with Crippen LogP contribution in [0.2, 0.25) is 0 Å². The number of aliphatic hydroxyl groups excluding tert-OH is 8. The summed E-state index contributed by atoms with van der Waals surface area (Å²) in [6.45, 7) is 2.73. The molecule has 89 heavy (non-hydrogen) atoms. The van der Waals surface area contributed by atoms with Gasteiger partial charge in [-0.05, 0) is 77.0 Å². The molecule has 0 saturated carbocycles. The molecule has 0 aromatic heterocycles. The van der Waals surface area contributed by atoms with Crippen LogP contribution < -0.4 is 5.32 Å². The standard InChI is InChI=1S/C75H129NO13/c1-3-5-7-9-11-13-15-17-19-21-23-25-27-29-31-32-33-35-37-39-41-43-45-47-49-51-53-55-57-59-67(80)76-63(62-86-74-72(85)70(83)73(66(61-78)88-74)89-75-71(84)69(82)68(81)65(60-77)87-75)64(79)58-56-54-52-50-48-46-44-42-40-38-36-34-30-28-26-24-22-20-18-16-14-12-10-8-6-4-2/h5,7,11,13,17,19,23,25,29,31,33,35,39,41,45,47,51,53,63-66,68-75,77-79,81-85H,3-4,6,8-10,12,14-16,18,20-22,24,26-28,30,32,34,36-38,40,42-44,46,48-50,52,54-62H2,1-2H3,(H,76,80)/b7-5-,13-11-,19-17-,25-23-,31-29-,35-33-,41-39-,47-45-,53-51-. The van der Waals surface area contributed by atoms with Gasteiger partial charge < -0.3 is 65.1 Å². The molecule has 12 unspecified atom stereocenters. The van der Waals surface area contributed by atoms with Crippen LogP contribution in [0.4, 0.5) is 0 Å². The molecule has 0 spiro atoms. The first kappa shape index (κ1) is 81.7. The zero-order valence-electron chi connectivity index (χ0n) is 55.6. The molecule has 12 atom stereocenters. The Morgan fingerprint density at radius 2 is 0.764 bits per heavy atom. The first-order valence-electron chi connectivity index (χ1n) is 35.6. The molecule has 14 nitrogen and oxygen atoms in total. The second kappa shape index (κ2) is 58.5. The third kappa shape index (κ3) is 42.5. The van der Waals surface area contributed by atoms with Crippen LogP contribution in [0.15, 0.2) is 109 Å². The zero-order valence-corrected chi connectivity index (χ0v) is 55.6. The summed E-state index contributed by atoms with van der Waals surface area (Å²) in [5, 5.41) is 87.6. The largest absolute Gasteiger partial charge is 0.394 e. The monoisotopic (exact) mass is 1250 g/mol. The Kier molecular flexibility index (Phi) is 53.7. The first-order chi connectivity index (χ1) is 43.6. The molecule has 0 bridgehead atoms. The number of aliphatic hydroxyl groups is 8. The van der Waals surface area contributed by atoms with E-state index >= 15 is 0 Å². The minimum atomic E-state index is -1.79. The molecule has 2 fully saturated rings. The highest BCUT2D eigenvalue weighted by molar-refractivity contribution is 5.76. The van der Waals surface area contributed by atoms with Crippen LogP contribution in [-0.2, 0) is 23.7 Å². The molecule has 2 aliphatic rings. The molecule has 0 aliphatic carbocycles. The van der Waals surface area contributed by atoms with E-state index in [0.29, 0.717) is 19.3 Å². The van der Waals surface area contributed by atoms with E-state index in [1.807, 2.05) is 0 Å². The second-order valence-corrected chi connectivity index (χ2v) is 24.6. The van der Waals surface area contributed by atoms with Crippen molar-refractivity contribution in [3.05, 3.63) is 109 Å². The molecular weight excluding hydrogens is 1120 g/mol. The zero-order chi connectivity index (χ0) is 64.5. The molecule has 0 aromatic carbocycles. The highest BCUT2D eigenvalue weighted by atomic mass is 16.7. The number of nitrogens with one attached hydrogen (secondary N) is 1. The Hall–Kier alpha value is -3.35. The summed E-state index contributed by atoms with van der Waals surface area (Å²) in [6, 6.07) is -0.870. The van der Waals surface area contributed by atoms with Crippen LogP contribution in [0.25, 0.3) is 0 Å². The number of carbonyl (C=O) groups excluding carboxylic acids is 1. The van der Waals surface area contributed by atoms with E-state index in [1.54, 1.807) is 0 Å². The van der Waals surface area contributed by atoms with Crippen LogP contribution in [0.3, 0.4) is 0 Å². The van der Waals surface area contributed by atoms with Gasteiger partial charge in [0.15, 0.2) is 12.6 Å². The predicted octanol–water partition coefficient (Wildman–Crippen LogP) is 14.7. The van der Waals surface area contributed by atoms with Crippen molar-refractivity contribution in [1.82, 2.24) is 5.32 Å². The van der Waals surface area contributed by atoms with Gasteiger partial charge in [-0.25, -0.2) is 0 Å². The van der Waals surface area contributed by atoms with E-state index in [9.17, 15) is 45.6 Å².